The zero-order chi connectivity index (χ0) is 23.1. The summed E-state index contributed by atoms with van der Waals surface area (Å²) < 4.78 is 1.96. The van der Waals surface area contributed by atoms with Crippen LogP contribution < -0.4 is 10.6 Å². The smallest absolute Gasteiger partial charge is 0.191 e. The molecule has 1 aliphatic heterocycles. The standard InChI is InChI=1S/C25H41N7/c1-7-31-12-14-32(15-13-31)18-23-10-8-22(9-11-23)17-27-25(26-5)28-19(2)16-24-20(3)29-30(6)21(24)4/h8-11,19H,7,12-18H2,1-6H3,(H2,26,27,28). The minimum atomic E-state index is 0.262. The van der Waals surface area contributed by atoms with Gasteiger partial charge in [0.15, 0.2) is 5.96 Å². The fraction of sp³-hybridized carbons (Fsp3) is 0.600. The van der Waals surface area contributed by atoms with Crippen LogP contribution in [0.2, 0.25) is 0 Å². The number of nitrogens with zero attached hydrogens (tertiary/aromatic N) is 5. The summed E-state index contributed by atoms with van der Waals surface area (Å²) >= 11 is 0. The normalized spacial score (nSPS) is 16.9. The van der Waals surface area contributed by atoms with Crippen molar-refractivity contribution >= 4 is 5.96 Å². The van der Waals surface area contributed by atoms with Crippen LogP contribution in [0.4, 0.5) is 0 Å². The van der Waals surface area contributed by atoms with Crippen molar-refractivity contribution in [3.63, 3.8) is 0 Å². The third-order valence-corrected chi connectivity index (χ3v) is 6.58. The number of aryl methyl sites for hydroxylation is 2. The van der Waals surface area contributed by atoms with Crippen LogP contribution in [0.25, 0.3) is 0 Å². The van der Waals surface area contributed by atoms with Gasteiger partial charge in [0, 0.05) is 65.1 Å². The van der Waals surface area contributed by atoms with Crippen molar-refractivity contribution in [2.24, 2.45) is 12.0 Å². The zero-order valence-corrected chi connectivity index (χ0v) is 20.8. The molecule has 0 bridgehead atoms. The highest BCUT2D eigenvalue weighted by Crippen LogP contribution is 2.14. The van der Waals surface area contributed by atoms with E-state index in [-0.39, 0.29) is 6.04 Å². The lowest BCUT2D eigenvalue weighted by Crippen LogP contribution is -2.45. The minimum absolute atomic E-state index is 0.262. The fourth-order valence-electron chi connectivity index (χ4n) is 4.37. The molecule has 7 nitrogen and oxygen atoms in total. The van der Waals surface area contributed by atoms with E-state index in [4.69, 9.17) is 0 Å². The van der Waals surface area contributed by atoms with Crippen molar-refractivity contribution in [1.29, 1.82) is 0 Å². The van der Waals surface area contributed by atoms with E-state index >= 15 is 0 Å². The third-order valence-electron chi connectivity index (χ3n) is 6.58. The second-order valence-electron chi connectivity index (χ2n) is 8.98. The topological polar surface area (TPSA) is 60.7 Å². The molecule has 1 aromatic carbocycles. The Bertz CT molecular complexity index is 876. The number of aromatic nitrogens is 2. The first-order valence-electron chi connectivity index (χ1n) is 11.9. The number of nitrogens with one attached hydrogen (secondary N) is 2. The molecule has 1 saturated heterocycles. The molecule has 3 rings (SSSR count). The molecule has 176 valence electrons. The highest BCUT2D eigenvalue weighted by atomic mass is 15.3. The van der Waals surface area contributed by atoms with Gasteiger partial charge in [-0.05, 0) is 50.4 Å². The third kappa shape index (κ3) is 6.56. The quantitative estimate of drug-likeness (QED) is 0.489. The SMILES string of the molecule is CCN1CCN(Cc2ccc(CNC(=NC)NC(C)Cc3c(C)nn(C)c3C)cc2)CC1. The first kappa shape index (κ1) is 24.3. The molecule has 1 aromatic heterocycles. The molecule has 32 heavy (non-hydrogen) atoms. The van der Waals surface area contributed by atoms with Gasteiger partial charge in [-0.25, -0.2) is 0 Å². The minimum Gasteiger partial charge on any atom is -0.354 e. The Balaban J connectivity index is 1.45. The summed E-state index contributed by atoms with van der Waals surface area (Å²) in [4.78, 5) is 9.48. The van der Waals surface area contributed by atoms with Crippen LogP contribution in [-0.2, 0) is 26.6 Å². The summed E-state index contributed by atoms with van der Waals surface area (Å²) in [6.07, 6.45) is 0.924. The van der Waals surface area contributed by atoms with Gasteiger partial charge in [-0.2, -0.15) is 5.10 Å². The molecule has 0 spiro atoms. The molecule has 2 heterocycles. The van der Waals surface area contributed by atoms with Crippen LogP contribution in [0.5, 0.6) is 0 Å². The van der Waals surface area contributed by atoms with Crippen LogP contribution in [0.15, 0.2) is 29.3 Å². The summed E-state index contributed by atoms with van der Waals surface area (Å²) in [6.45, 7) is 16.3. The average Bonchev–Trinajstić information content (AvgIpc) is 3.04. The second kappa shape index (κ2) is 11.5. The Hall–Kier alpha value is -2.38. The second-order valence-corrected chi connectivity index (χ2v) is 8.98. The number of aliphatic imine (C=N–C) groups is 1. The molecule has 0 radical (unpaired) electrons. The van der Waals surface area contributed by atoms with Crippen LogP contribution in [0.1, 0.15) is 41.9 Å². The molecule has 1 aliphatic rings. The number of piperazine rings is 1. The number of hydrogen-bond donors (Lipinski definition) is 2. The van der Waals surface area contributed by atoms with Crippen LogP contribution in [0.3, 0.4) is 0 Å². The van der Waals surface area contributed by atoms with Gasteiger partial charge in [-0.15, -0.1) is 0 Å². The molecule has 2 N–H and O–H groups in total. The first-order chi connectivity index (χ1) is 15.4. The van der Waals surface area contributed by atoms with Crippen molar-refractivity contribution in [2.75, 3.05) is 39.8 Å². The predicted octanol–water partition coefficient (Wildman–Crippen LogP) is 2.47. The predicted molar refractivity (Wildman–Crippen MR) is 133 cm³/mol. The van der Waals surface area contributed by atoms with Gasteiger partial charge >= 0.3 is 0 Å². The van der Waals surface area contributed by atoms with Crippen molar-refractivity contribution in [3.05, 3.63) is 52.3 Å². The maximum absolute atomic E-state index is 4.53. The van der Waals surface area contributed by atoms with E-state index in [1.807, 2.05) is 18.8 Å². The van der Waals surface area contributed by atoms with Crippen LogP contribution >= 0.6 is 0 Å². The average molecular weight is 440 g/mol. The largest absolute Gasteiger partial charge is 0.354 e. The Morgan fingerprint density at radius 2 is 1.69 bits per heavy atom. The summed E-state index contributed by atoms with van der Waals surface area (Å²) in [5.74, 6) is 0.828. The van der Waals surface area contributed by atoms with E-state index in [9.17, 15) is 0 Å². The van der Waals surface area contributed by atoms with E-state index in [2.05, 4.69) is 82.5 Å². The number of likely N-dealkylation sites (N-methyl/N-ethyl adjacent to an activating group) is 1. The van der Waals surface area contributed by atoms with Crippen molar-refractivity contribution in [2.45, 2.75) is 53.2 Å². The zero-order valence-electron chi connectivity index (χ0n) is 20.8. The first-order valence-corrected chi connectivity index (χ1v) is 11.9. The highest BCUT2D eigenvalue weighted by molar-refractivity contribution is 5.79. The molecule has 1 atom stereocenters. The lowest BCUT2D eigenvalue weighted by molar-refractivity contribution is 0.132. The van der Waals surface area contributed by atoms with Gasteiger partial charge in [0.1, 0.15) is 0 Å². The van der Waals surface area contributed by atoms with Gasteiger partial charge in [0.25, 0.3) is 0 Å². The molecule has 1 fully saturated rings. The molecular formula is C25H41N7. The Morgan fingerprint density at radius 3 is 2.25 bits per heavy atom. The summed E-state index contributed by atoms with van der Waals surface area (Å²) in [6, 6.07) is 9.23. The Morgan fingerprint density at radius 1 is 1.06 bits per heavy atom. The van der Waals surface area contributed by atoms with Crippen molar-refractivity contribution in [3.8, 4) is 0 Å². The van der Waals surface area contributed by atoms with Crippen molar-refractivity contribution < 1.29 is 0 Å². The highest BCUT2D eigenvalue weighted by Gasteiger charge is 2.16. The lowest BCUT2D eigenvalue weighted by atomic mass is 10.1. The molecule has 0 saturated carbocycles. The monoisotopic (exact) mass is 439 g/mol. The van der Waals surface area contributed by atoms with Gasteiger partial charge in [-0.3, -0.25) is 14.6 Å². The molecule has 1 unspecified atom stereocenters. The van der Waals surface area contributed by atoms with Crippen LogP contribution in [-0.4, -0.2) is 71.4 Å². The molecule has 0 aliphatic carbocycles. The number of rotatable bonds is 8. The van der Waals surface area contributed by atoms with E-state index in [0.29, 0.717) is 0 Å². The summed E-state index contributed by atoms with van der Waals surface area (Å²) in [7, 11) is 3.83. The number of benzene rings is 1. The van der Waals surface area contributed by atoms with Gasteiger partial charge in [0.2, 0.25) is 0 Å². The molecule has 2 aromatic rings. The fourth-order valence-corrected chi connectivity index (χ4v) is 4.37. The molecular weight excluding hydrogens is 398 g/mol. The Labute approximate surface area is 193 Å². The van der Waals surface area contributed by atoms with Gasteiger partial charge in [-0.1, -0.05) is 31.2 Å². The van der Waals surface area contributed by atoms with E-state index in [0.717, 1.165) is 50.8 Å². The molecule has 0 amide bonds. The van der Waals surface area contributed by atoms with Gasteiger partial charge < -0.3 is 15.5 Å². The van der Waals surface area contributed by atoms with Crippen LogP contribution in [0, 0.1) is 13.8 Å². The van der Waals surface area contributed by atoms with E-state index in [1.165, 1.54) is 35.5 Å². The van der Waals surface area contributed by atoms with E-state index in [1.54, 1.807) is 0 Å². The maximum atomic E-state index is 4.53. The Kier molecular flexibility index (Phi) is 8.70. The number of hydrogen-bond acceptors (Lipinski definition) is 4. The van der Waals surface area contributed by atoms with E-state index < -0.39 is 0 Å². The summed E-state index contributed by atoms with van der Waals surface area (Å²) in [5, 5.41) is 11.5. The lowest BCUT2D eigenvalue weighted by Gasteiger charge is -2.34. The maximum Gasteiger partial charge on any atom is 0.191 e. The van der Waals surface area contributed by atoms with Crippen molar-refractivity contribution in [1.82, 2.24) is 30.2 Å². The summed E-state index contributed by atoms with van der Waals surface area (Å²) in [5.41, 5.74) is 6.30. The molecule has 7 heteroatoms. The van der Waals surface area contributed by atoms with Gasteiger partial charge in [0.05, 0.1) is 5.69 Å². The number of guanidine groups is 1.